The maximum absolute atomic E-state index is 11.1. The molecule has 1 aliphatic rings. The lowest BCUT2D eigenvalue weighted by molar-refractivity contribution is 0.157. The summed E-state index contributed by atoms with van der Waals surface area (Å²) in [5.74, 6) is 1.31. The molecular formula is C14H23N3O3S. The molecule has 0 amide bonds. The Kier molecular flexibility index (Phi) is 5.58. The molecule has 0 saturated carbocycles. The van der Waals surface area contributed by atoms with Gasteiger partial charge in [0.05, 0.1) is 4.90 Å². The van der Waals surface area contributed by atoms with Gasteiger partial charge in [-0.1, -0.05) is 0 Å². The van der Waals surface area contributed by atoms with E-state index in [9.17, 15) is 8.42 Å². The molecule has 0 aromatic heterocycles. The Bertz CT molecular complexity index is 537. The van der Waals surface area contributed by atoms with Crippen molar-refractivity contribution in [3.63, 3.8) is 0 Å². The van der Waals surface area contributed by atoms with Crippen LogP contribution < -0.4 is 15.6 Å². The summed E-state index contributed by atoms with van der Waals surface area (Å²) in [4.78, 5) is 2.46. The predicted octanol–water partition coefficient (Wildman–Crippen LogP) is 0.384. The second-order valence-electron chi connectivity index (χ2n) is 5.39. The molecular weight excluding hydrogens is 290 g/mol. The minimum Gasteiger partial charge on any atom is -0.492 e. The number of sulfonamides is 1. The fraction of sp³-hybridized carbons (Fsp3) is 0.571. The number of ether oxygens (including phenoxy) is 1. The standard InChI is InChI=1S/C14H23N3O3S/c15-11-12-5-7-17(8-6-12)9-10-20-13-1-3-14(4-2-13)21(16,18)19/h1-4,12H,5-11,15H2,(H2,16,18,19). The maximum atomic E-state index is 11.1. The van der Waals surface area contributed by atoms with E-state index in [1.54, 1.807) is 12.1 Å². The van der Waals surface area contributed by atoms with E-state index in [1.165, 1.54) is 12.1 Å². The van der Waals surface area contributed by atoms with Gasteiger partial charge in [-0.15, -0.1) is 0 Å². The minimum absolute atomic E-state index is 0.0960. The number of hydrogen-bond acceptors (Lipinski definition) is 5. The SMILES string of the molecule is NCC1CCN(CCOc2ccc(S(N)(=O)=O)cc2)CC1. The van der Waals surface area contributed by atoms with Crippen molar-refractivity contribution in [2.75, 3.05) is 32.8 Å². The Labute approximate surface area is 126 Å². The van der Waals surface area contributed by atoms with Crippen LogP contribution >= 0.6 is 0 Å². The van der Waals surface area contributed by atoms with Gasteiger partial charge in [0.15, 0.2) is 0 Å². The van der Waals surface area contributed by atoms with Crippen molar-refractivity contribution < 1.29 is 13.2 Å². The molecule has 6 nitrogen and oxygen atoms in total. The zero-order valence-electron chi connectivity index (χ0n) is 12.1. The first-order valence-corrected chi connectivity index (χ1v) is 8.72. The molecule has 1 aliphatic heterocycles. The zero-order chi connectivity index (χ0) is 15.3. The Morgan fingerprint density at radius 3 is 2.33 bits per heavy atom. The summed E-state index contributed by atoms with van der Waals surface area (Å²) < 4.78 is 27.9. The van der Waals surface area contributed by atoms with Gasteiger partial charge in [0, 0.05) is 6.54 Å². The van der Waals surface area contributed by atoms with E-state index < -0.39 is 10.0 Å². The van der Waals surface area contributed by atoms with Crippen molar-refractivity contribution in [3.05, 3.63) is 24.3 Å². The highest BCUT2D eigenvalue weighted by atomic mass is 32.2. The molecule has 0 spiro atoms. The van der Waals surface area contributed by atoms with Crippen LogP contribution in [-0.2, 0) is 10.0 Å². The van der Waals surface area contributed by atoms with Crippen LogP contribution in [0.1, 0.15) is 12.8 Å². The fourth-order valence-electron chi connectivity index (χ4n) is 2.46. The summed E-state index contributed by atoms with van der Waals surface area (Å²) in [7, 11) is -3.64. The van der Waals surface area contributed by atoms with Gasteiger partial charge in [0.2, 0.25) is 10.0 Å². The van der Waals surface area contributed by atoms with Gasteiger partial charge in [-0.25, -0.2) is 13.6 Å². The molecule has 0 radical (unpaired) electrons. The van der Waals surface area contributed by atoms with E-state index in [-0.39, 0.29) is 4.90 Å². The smallest absolute Gasteiger partial charge is 0.238 e. The van der Waals surface area contributed by atoms with Crippen LogP contribution in [0.4, 0.5) is 0 Å². The lowest BCUT2D eigenvalue weighted by Crippen LogP contribution is -2.38. The topological polar surface area (TPSA) is 98.6 Å². The molecule has 1 heterocycles. The lowest BCUT2D eigenvalue weighted by atomic mass is 9.97. The Balaban J connectivity index is 1.74. The van der Waals surface area contributed by atoms with E-state index in [0.717, 1.165) is 39.0 Å². The van der Waals surface area contributed by atoms with Crippen molar-refractivity contribution in [2.45, 2.75) is 17.7 Å². The summed E-state index contributed by atoms with van der Waals surface area (Å²) in [6, 6.07) is 6.16. The van der Waals surface area contributed by atoms with Gasteiger partial charge in [0.25, 0.3) is 0 Å². The Hall–Kier alpha value is -1.15. The van der Waals surface area contributed by atoms with Crippen LogP contribution in [0, 0.1) is 5.92 Å². The predicted molar refractivity (Wildman–Crippen MR) is 81.5 cm³/mol. The van der Waals surface area contributed by atoms with E-state index in [0.29, 0.717) is 18.3 Å². The summed E-state index contributed by atoms with van der Waals surface area (Å²) in [5, 5.41) is 5.04. The minimum atomic E-state index is -3.64. The molecule has 0 atom stereocenters. The van der Waals surface area contributed by atoms with Crippen LogP contribution in [0.15, 0.2) is 29.2 Å². The quantitative estimate of drug-likeness (QED) is 0.791. The van der Waals surface area contributed by atoms with Crippen LogP contribution in [0.2, 0.25) is 0 Å². The van der Waals surface area contributed by atoms with Crippen LogP contribution in [0.3, 0.4) is 0 Å². The molecule has 118 valence electrons. The van der Waals surface area contributed by atoms with Gasteiger partial charge < -0.3 is 10.5 Å². The second kappa shape index (κ2) is 7.22. The Morgan fingerprint density at radius 2 is 1.81 bits per heavy atom. The largest absolute Gasteiger partial charge is 0.492 e. The normalized spacial score (nSPS) is 17.8. The molecule has 21 heavy (non-hydrogen) atoms. The average Bonchev–Trinajstić information content (AvgIpc) is 2.47. The third-order valence-corrected chi connectivity index (χ3v) is 4.80. The van der Waals surface area contributed by atoms with Crippen molar-refractivity contribution in [1.82, 2.24) is 4.90 Å². The molecule has 0 bridgehead atoms. The second-order valence-corrected chi connectivity index (χ2v) is 6.95. The van der Waals surface area contributed by atoms with E-state index in [4.69, 9.17) is 15.6 Å². The number of hydrogen-bond donors (Lipinski definition) is 2. The lowest BCUT2D eigenvalue weighted by Gasteiger charge is -2.31. The summed E-state index contributed by atoms with van der Waals surface area (Å²) >= 11 is 0. The van der Waals surface area contributed by atoms with E-state index >= 15 is 0 Å². The van der Waals surface area contributed by atoms with Crippen LogP contribution in [0.25, 0.3) is 0 Å². The number of benzene rings is 1. The fourth-order valence-corrected chi connectivity index (χ4v) is 2.98. The van der Waals surface area contributed by atoms with Crippen LogP contribution in [0.5, 0.6) is 5.75 Å². The molecule has 1 saturated heterocycles. The van der Waals surface area contributed by atoms with Crippen molar-refractivity contribution in [1.29, 1.82) is 0 Å². The van der Waals surface area contributed by atoms with Crippen molar-refractivity contribution >= 4 is 10.0 Å². The van der Waals surface area contributed by atoms with Gasteiger partial charge >= 0.3 is 0 Å². The molecule has 1 fully saturated rings. The summed E-state index contributed by atoms with van der Waals surface area (Å²) in [5.41, 5.74) is 5.67. The third kappa shape index (κ3) is 4.96. The third-order valence-electron chi connectivity index (χ3n) is 3.87. The van der Waals surface area contributed by atoms with Crippen molar-refractivity contribution in [3.8, 4) is 5.75 Å². The van der Waals surface area contributed by atoms with Gasteiger partial charge in [-0.05, 0) is 62.7 Å². The number of piperidine rings is 1. The monoisotopic (exact) mass is 313 g/mol. The molecule has 4 N–H and O–H groups in total. The summed E-state index contributed by atoms with van der Waals surface area (Å²) in [6.07, 6.45) is 2.30. The first kappa shape index (κ1) is 16.2. The van der Waals surface area contributed by atoms with Crippen LogP contribution in [-0.4, -0.2) is 46.1 Å². The van der Waals surface area contributed by atoms with E-state index in [2.05, 4.69) is 4.90 Å². The summed E-state index contributed by atoms with van der Waals surface area (Å²) in [6.45, 7) is 4.36. The maximum Gasteiger partial charge on any atom is 0.238 e. The van der Waals surface area contributed by atoms with Gasteiger partial charge in [0.1, 0.15) is 12.4 Å². The van der Waals surface area contributed by atoms with E-state index in [1.807, 2.05) is 0 Å². The van der Waals surface area contributed by atoms with Crippen molar-refractivity contribution in [2.24, 2.45) is 16.8 Å². The molecule has 0 aliphatic carbocycles. The number of nitrogens with zero attached hydrogens (tertiary/aromatic N) is 1. The highest BCUT2D eigenvalue weighted by Gasteiger charge is 2.17. The van der Waals surface area contributed by atoms with Gasteiger partial charge in [-0.3, -0.25) is 4.90 Å². The zero-order valence-corrected chi connectivity index (χ0v) is 12.9. The molecule has 7 heteroatoms. The van der Waals surface area contributed by atoms with Gasteiger partial charge in [-0.2, -0.15) is 0 Å². The Morgan fingerprint density at radius 1 is 1.19 bits per heavy atom. The first-order valence-electron chi connectivity index (χ1n) is 7.17. The highest BCUT2D eigenvalue weighted by molar-refractivity contribution is 7.89. The molecule has 2 rings (SSSR count). The highest BCUT2D eigenvalue weighted by Crippen LogP contribution is 2.17. The number of likely N-dealkylation sites (tertiary alicyclic amines) is 1. The number of nitrogens with two attached hydrogens (primary N) is 2. The molecule has 0 unspecified atom stereocenters. The molecule has 1 aromatic carbocycles. The number of primary sulfonamides is 1. The first-order chi connectivity index (χ1) is 9.99. The molecule has 1 aromatic rings. The average molecular weight is 313 g/mol. The number of rotatable bonds is 6.